The fourth-order valence-corrected chi connectivity index (χ4v) is 4.06. The van der Waals surface area contributed by atoms with Crippen molar-refractivity contribution in [1.29, 1.82) is 0 Å². The molecular weight excluding hydrogens is 256 g/mol. The molecule has 2 heterocycles. The lowest BCUT2D eigenvalue weighted by molar-refractivity contribution is 0.0173. The number of alkyl carbamates (subject to hydrolysis) is 1. The van der Waals surface area contributed by atoms with Gasteiger partial charge < -0.3 is 10.1 Å². The SMILES string of the molecule is CCCCS(=O)(=O)N1CCC2(CC1)CNC(=O)O2. The molecule has 2 aliphatic heterocycles. The summed E-state index contributed by atoms with van der Waals surface area (Å²) >= 11 is 0. The number of amides is 1. The van der Waals surface area contributed by atoms with Gasteiger partial charge in [-0.1, -0.05) is 13.3 Å². The molecule has 0 aliphatic carbocycles. The Morgan fingerprint density at radius 2 is 2.06 bits per heavy atom. The van der Waals surface area contributed by atoms with E-state index in [4.69, 9.17) is 4.74 Å². The molecule has 6 nitrogen and oxygen atoms in total. The van der Waals surface area contributed by atoms with E-state index in [0.29, 0.717) is 38.9 Å². The maximum Gasteiger partial charge on any atom is 0.407 e. The van der Waals surface area contributed by atoms with Gasteiger partial charge >= 0.3 is 6.09 Å². The smallest absolute Gasteiger partial charge is 0.407 e. The van der Waals surface area contributed by atoms with Crippen molar-refractivity contribution in [2.45, 2.75) is 38.2 Å². The van der Waals surface area contributed by atoms with Crippen molar-refractivity contribution >= 4 is 16.1 Å². The molecule has 7 heteroatoms. The van der Waals surface area contributed by atoms with Crippen molar-refractivity contribution in [3.8, 4) is 0 Å². The molecule has 2 aliphatic rings. The second-order valence-corrected chi connectivity index (χ2v) is 7.08. The van der Waals surface area contributed by atoms with Gasteiger partial charge in [-0.3, -0.25) is 0 Å². The molecule has 2 saturated heterocycles. The highest BCUT2D eigenvalue weighted by molar-refractivity contribution is 7.89. The second-order valence-electron chi connectivity index (χ2n) is 4.99. The van der Waals surface area contributed by atoms with Gasteiger partial charge in [0.05, 0.1) is 12.3 Å². The summed E-state index contributed by atoms with van der Waals surface area (Å²) in [5.74, 6) is 0.217. The van der Waals surface area contributed by atoms with Gasteiger partial charge in [-0.25, -0.2) is 17.5 Å². The molecule has 0 atom stereocenters. The number of carbonyl (C=O) groups is 1. The monoisotopic (exact) mass is 276 g/mol. The van der Waals surface area contributed by atoms with Gasteiger partial charge in [0.2, 0.25) is 10.0 Å². The summed E-state index contributed by atoms with van der Waals surface area (Å²) in [7, 11) is -3.13. The number of nitrogens with one attached hydrogen (secondary N) is 1. The quantitative estimate of drug-likeness (QED) is 0.819. The summed E-state index contributed by atoms with van der Waals surface area (Å²) < 4.78 is 30.8. The van der Waals surface area contributed by atoms with E-state index in [1.54, 1.807) is 0 Å². The summed E-state index contributed by atoms with van der Waals surface area (Å²) in [6.07, 6.45) is 2.34. The molecule has 104 valence electrons. The zero-order chi connectivity index (χ0) is 13.2. The molecule has 0 aromatic carbocycles. The van der Waals surface area contributed by atoms with Crippen molar-refractivity contribution in [2.75, 3.05) is 25.4 Å². The molecule has 2 fully saturated rings. The largest absolute Gasteiger partial charge is 0.441 e. The number of ether oxygens (including phenoxy) is 1. The van der Waals surface area contributed by atoms with E-state index in [1.165, 1.54) is 4.31 Å². The van der Waals surface area contributed by atoms with E-state index in [0.717, 1.165) is 6.42 Å². The van der Waals surface area contributed by atoms with Crippen LogP contribution in [0.1, 0.15) is 32.6 Å². The van der Waals surface area contributed by atoms with Crippen LogP contribution in [-0.2, 0) is 14.8 Å². The van der Waals surface area contributed by atoms with Gasteiger partial charge in [0.15, 0.2) is 0 Å². The Labute approximate surface area is 108 Å². The van der Waals surface area contributed by atoms with Gasteiger partial charge in [-0.15, -0.1) is 0 Å². The first-order valence-corrected chi connectivity index (χ1v) is 8.03. The minimum absolute atomic E-state index is 0.217. The van der Waals surface area contributed by atoms with E-state index in [1.807, 2.05) is 6.92 Å². The summed E-state index contributed by atoms with van der Waals surface area (Å²) in [4.78, 5) is 11.1. The highest BCUT2D eigenvalue weighted by Gasteiger charge is 2.44. The molecule has 0 aromatic heterocycles. The van der Waals surface area contributed by atoms with Gasteiger partial charge in [0.25, 0.3) is 0 Å². The Kier molecular flexibility index (Phi) is 3.82. The van der Waals surface area contributed by atoms with Crippen molar-refractivity contribution in [3.05, 3.63) is 0 Å². The van der Waals surface area contributed by atoms with Gasteiger partial charge in [-0.2, -0.15) is 0 Å². The molecule has 1 spiro atoms. The number of unbranched alkanes of at least 4 members (excludes halogenated alkanes) is 1. The number of carbonyl (C=O) groups excluding carboxylic acids is 1. The van der Waals surface area contributed by atoms with Crippen LogP contribution in [0.3, 0.4) is 0 Å². The van der Waals surface area contributed by atoms with Gasteiger partial charge in [0.1, 0.15) is 5.60 Å². The normalized spacial score (nSPS) is 23.9. The first-order valence-electron chi connectivity index (χ1n) is 6.42. The average Bonchev–Trinajstić information content (AvgIpc) is 2.69. The maximum atomic E-state index is 12.0. The van der Waals surface area contributed by atoms with Crippen LogP contribution in [0.4, 0.5) is 4.79 Å². The average molecular weight is 276 g/mol. The van der Waals surface area contributed by atoms with Crippen LogP contribution in [0.15, 0.2) is 0 Å². The number of hydrogen-bond donors (Lipinski definition) is 1. The van der Waals surface area contributed by atoms with Crippen molar-refractivity contribution in [2.24, 2.45) is 0 Å². The molecule has 0 aromatic rings. The number of rotatable bonds is 4. The second kappa shape index (κ2) is 5.05. The minimum Gasteiger partial charge on any atom is -0.441 e. The van der Waals surface area contributed by atoms with E-state index in [-0.39, 0.29) is 5.75 Å². The Balaban J connectivity index is 1.92. The predicted octanol–water partition coefficient (Wildman–Crippen LogP) is 0.691. The van der Waals surface area contributed by atoms with E-state index in [9.17, 15) is 13.2 Å². The Hall–Kier alpha value is -0.820. The first-order chi connectivity index (χ1) is 8.47. The Bertz CT molecular complexity index is 413. The van der Waals surface area contributed by atoms with Crippen molar-refractivity contribution in [3.63, 3.8) is 0 Å². The van der Waals surface area contributed by atoms with Crippen LogP contribution in [0.2, 0.25) is 0 Å². The highest BCUT2D eigenvalue weighted by Crippen LogP contribution is 2.30. The Morgan fingerprint density at radius 3 is 2.56 bits per heavy atom. The van der Waals surface area contributed by atoms with E-state index >= 15 is 0 Å². The van der Waals surface area contributed by atoms with Crippen LogP contribution in [0.5, 0.6) is 0 Å². The standard InChI is InChI=1S/C11H20N2O4S/c1-2-3-8-18(15,16)13-6-4-11(5-7-13)9-12-10(14)17-11/h2-9H2,1H3,(H,12,14). The molecule has 0 radical (unpaired) electrons. The third-order valence-electron chi connectivity index (χ3n) is 3.65. The van der Waals surface area contributed by atoms with Crippen molar-refractivity contribution < 1.29 is 17.9 Å². The summed E-state index contributed by atoms with van der Waals surface area (Å²) in [6.45, 7) is 3.36. The lowest BCUT2D eigenvalue weighted by atomic mass is 9.93. The molecule has 1 amide bonds. The number of sulfonamides is 1. The number of piperidine rings is 1. The fourth-order valence-electron chi connectivity index (χ4n) is 2.41. The summed E-state index contributed by atoms with van der Waals surface area (Å²) in [5.41, 5.74) is -0.478. The maximum absolute atomic E-state index is 12.0. The van der Waals surface area contributed by atoms with Crippen molar-refractivity contribution in [1.82, 2.24) is 9.62 Å². The molecular formula is C11H20N2O4S. The van der Waals surface area contributed by atoms with Crippen LogP contribution >= 0.6 is 0 Å². The minimum atomic E-state index is -3.13. The molecule has 1 N–H and O–H groups in total. The Morgan fingerprint density at radius 1 is 1.39 bits per heavy atom. The molecule has 0 unspecified atom stereocenters. The lowest BCUT2D eigenvalue weighted by Crippen LogP contribution is -2.48. The van der Waals surface area contributed by atoms with Crippen LogP contribution in [0, 0.1) is 0 Å². The third-order valence-corrected chi connectivity index (χ3v) is 5.60. The zero-order valence-corrected chi connectivity index (χ0v) is 11.5. The molecule has 0 bridgehead atoms. The van der Waals surface area contributed by atoms with Crippen LogP contribution < -0.4 is 5.32 Å². The molecule has 2 rings (SSSR count). The van der Waals surface area contributed by atoms with E-state index in [2.05, 4.69) is 5.32 Å². The van der Waals surface area contributed by atoms with Crippen LogP contribution in [-0.4, -0.2) is 49.8 Å². The van der Waals surface area contributed by atoms with Gasteiger partial charge in [0, 0.05) is 25.9 Å². The molecule has 18 heavy (non-hydrogen) atoms. The van der Waals surface area contributed by atoms with Gasteiger partial charge in [-0.05, 0) is 6.42 Å². The zero-order valence-electron chi connectivity index (χ0n) is 10.6. The number of nitrogens with zero attached hydrogens (tertiary/aromatic N) is 1. The predicted molar refractivity (Wildman–Crippen MR) is 66.7 cm³/mol. The van der Waals surface area contributed by atoms with E-state index < -0.39 is 21.7 Å². The number of hydrogen-bond acceptors (Lipinski definition) is 4. The highest BCUT2D eigenvalue weighted by atomic mass is 32.2. The van der Waals surface area contributed by atoms with Crippen LogP contribution in [0.25, 0.3) is 0 Å². The third kappa shape index (κ3) is 2.77. The first kappa shape index (κ1) is 13.6. The topological polar surface area (TPSA) is 75.7 Å². The summed E-state index contributed by atoms with van der Waals surface area (Å²) in [5, 5.41) is 2.64. The fraction of sp³-hybridized carbons (Fsp3) is 0.909. The lowest BCUT2D eigenvalue weighted by Gasteiger charge is -2.36. The summed E-state index contributed by atoms with van der Waals surface area (Å²) in [6, 6.07) is 0. The molecule has 0 saturated carbocycles.